The highest BCUT2D eigenvalue weighted by molar-refractivity contribution is 8.06. The Labute approximate surface area is 144 Å². The van der Waals surface area contributed by atoms with E-state index >= 15 is 0 Å². The van der Waals surface area contributed by atoms with Crippen LogP contribution in [0.1, 0.15) is 12.5 Å². The molecule has 3 rings (SSSR count). The number of thioether (sulfide) groups is 1. The van der Waals surface area contributed by atoms with E-state index in [1.54, 1.807) is 24.1 Å². The zero-order valence-corrected chi connectivity index (χ0v) is 15.0. The number of rotatable bonds is 2. The van der Waals surface area contributed by atoms with Crippen molar-refractivity contribution in [3.8, 4) is 0 Å². The second-order valence-corrected chi connectivity index (χ2v) is 8.67. The maximum atomic E-state index is 12.7. The standard InChI is InChI=1S/C16H16N2O4S2/c1-10-9-17(2)14(23-10)8-12(19)15-16(20)11-6-4-5-7-13(11)24(21,22)18(15)3/h4-9,20H,1-3H3/b14-8-. The molecule has 1 aromatic carbocycles. The Hall–Kier alpha value is -2.19. The van der Waals surface area contributed by atoms with Crippen LogP contribution < -0.4 is 0 Å². The Kier molecular flexibility index (Phi) is 3.97. The molecule has 0 unspecified atom stereocenters. The number of hydrogen-bond donors (Lipinski definition) is 1. The normalized spacial score (nSPS) is 21.1. The van der Waals surface area contributed by atoms with Crippen molar-refractivity contribution in [3.63, 3.8) is 0 Å². The van der Waals surface area contributed by atoms with Crippen LogP contribution in [0.2, 0.25) is 0 Å². The molecular formula is C16H16N2O4S2. The number of carbonyl (C=O) groups is 1. The average molecular weight is 364 g/mol. The lowest BCUT2D eigenvalue weighted by molar-refractivity contribution is -0.112. The van der Waals surface area contributed by atoms with Crippen molar-refractivity contribution in [1.29, 1.82) is 0 Å². The molecule has 2 aliphatic rings. The van der Waals surface area contributed by atoms with Crippen LogP contribution in [0.5, 0.6) is 0 Å². The first kappa shape index (κ1) is 16.7. The zero-order valence-electron chi connectivity index (χ0n) is 13.3. The van der Waals surface area contributed by atoms with Gasteiger partial charge in [-0.3, -0.25) is 9.10 Å². The highest BCUT2D eigenvalue weighted by atomic mass is 32.2. The monoisotopic (exact) mass is 364 g/mol. The van der Waals surface area contributed by atoms with Crippen LogP contribution in [0, 0.1) is 0 Å². The van der Waals surface area contributed by atoms with Gasteiger partial charge in [-0.25, -0.2) is 8.42 Å². The van der Waals surface area contributed by atoms with E-state index in [0.717, 1.165) is 9.21 Å². The van der Waals surface area contributed by atoms with E-state index < -0.39 is 15.8 Å². The molecule has 0 amide bonds. The van der Waals surface area contributed by atoms with Crippen molar-refractivity contribution in [2.45, 2.75) is 11.8 Å². The van der Waals surface area contributed by atoms with Crippen LogP contribution in [0.15, 0.2) is 57.1 Å². The van der Waals surface area contributed by atoms with Crippen LogP contribution in [0.25, 0.3) is 5.76 Å². The summed E-state index contributed by atoms with van der Waals surface area (Å²) in [5, 5.41) is 11.1. The highest BCUT2D eigenvalue weighted by Gasteiger charge is 2.37. The molecule has 0 spiro atoms. The summed E-state index contributed by atoms with van der Waals surface area (Å²) in [6, 6.07) is 6.08. The Bertz CT molecular complexity index is 929. The zero-order chi connectivity index (χ0) is 17.6. The van der Waals surface area contributed by atoms with Crippen molar-refractivity contribution in [1.82, 2.24) is 9.21 Å². The molecule has 1 N–H and O–H groups in total. The summed E-state index contributed by atoms with van der Waals surface area (Å²) in [6.45, 7) is 1.91. The van der Waals surface area contributed by atoms with E-state index in [9.17, 15) is 18.3 Å². The van der Waals surface area contributed by atoms with Crippen LogP contribution in [0.3, 0.4) is 0 Å². The summed E-state index contributed by atoms with van der Waals surface area (Å²) in [6.07, 6.45) is 3.21. The van der Waals surface area contributed by atoms with Gasteiger partial charge < -0.3 is 10.0 Å². The van der Waals surface area contributed by atoms with Gasteiger partial charge in [0.25, 0.3) is 10.0 Å². The smallest absolute Gasteiger partial charge is 0.265 e. The first-order valence-electron chi connectivity index (χ1n) is 7.10. The highest BCUT2D eigenvalue weighted by Crippen LogP contribution is 2.37. The van der Waals surface area contributed by atoms with Crippen LogP contribution in [0.4, 0.5) is 0 Å². The number of likely N-dealkylation sites (N-methyl/N-ethyl adjacent to an activating group) is 1. The van der Waals surface area contributed by atoms with E-state index in [1.807, 2.05) is 13.1 Å². The first-order valence-corrected chi connectivity index (χ1v) is 9.36. The lowest BCUT2D eigenvalue weighted by atomic mass is 10.1. The second kappa shape index (κ2) is 5.71. The van der Waals surface area contributed by atoms with Crippen molar-refractivity contribution in [3.05, 3.63) is 57.7 Å². The molecule has 2 heterocycles. The molecule has 0 aromatic heterocycles. The molecule has 6 nitrogen and oxygen atoms in total. The average Bonchev–Trinajstić information content (AvgIpc) is 2.83. The Morgan fingerprint density at radius 3 is 2.54 bits per heavy atom. The summed E-state index contributed by atoms with van der Waals surface area (Å²) in [4.78, 5) is 15.4. The molecule has 0 radical (unpaired) electrons. The number of aliphatic hydroxyl groups excluding tert-OH is 1. The van der Waals surface area contributed by atoms with Gasteiger partial charge in [-0.05, 0) is 19.1 Å². The number of fused-ring (bicyclic) bond motifs is 1. The van der Waals surface area contributed by atoms with E-state index in [0.29, 0.717) is 5.03 Å². The van der Waals surface area contributed by atoms with Gasteiger partial charge in [0.2, 0.25) is 5.78 Å². The maximum Gasteiger partial charge on any atom is 0.265 e. The predicted molar refractivity (Wildman–Crippen MR) is 93.1 cm³/mol. The molecule has 0 fully saturated rings. The minimum atomic E-state index is -3.87. The van der Waals surface area contributed by atoms with E-state index in [4.69, 9.17) is 0 Å². The minimum Gasteiger partial charge on any atom is -0.505 e. The third-order valence-corrected chi connectivity index (χ3v) is 6.65. The third-order valence-electron chi connectivity index (χ3n) is 3.80. The summed E-state index contributed by atoms with van der Waals surface area (Å²) in [7, 11) is -0.809. The fourth-order valence-corrected chi connectivity index (χ4v) is 4.92. The fourth-order valence-electron chi connectivity index (χ4n) is 2.61. The number of allylic oxidation sites excluding steroid dienone is 2. The quantitative estimate of drug-likeness (QED) is 0.813. The molecule has 2 aliphatic heterocycles. The molecule has 0 saturated carbocycles. The molecular weight excluding hydrogens is 348 g/mol. The summed E-state index contributed by atoms with van der Waals surface area (Å²) in [5.74, 6) is -0.898. The van der Waals surface area contributed by atoms with Crippen molar-refractivity contribution >= 4 is 33.3 Å². The van der Waals surface area contributed by atoms with Crippen LogP contribution >= 0.6 is 11.8 Å². The van der Waals surface area contributed by atoms with E-state index in [1.165, 1.54) is 37.0 Å². The first-order chi connectivity index (χ1) is 11.2. The van der Waals surface area contributed by atoms with Gasteiger partial charge in [-0.15, -0.1) is 0 Å². The summed E-state index contributed by atoms with van der Waals surface area (Å²) < 4.78 is 26.0. The third kappa shape index (κ3) is 2.51. The number of nitrogens with zero attached hydrogens (tertiary/aromatic N) is 2. The Morgan fingerprint density at radius 2 is 1.92 bits per heavy atom. The Balaban J connectivity index is 2.11. The number of ketones is 1. The summed E-state index contributed by atoms with van der Waals surface area (Å²) >= 11 is 1.41. The molecule has 24 heavy (non-hydrogen) atoms. The van der Waals surface area contributed by atoms with Gasteiger partial charge in [0.05, 0.1) is 9.92 Å². The molecule has 126 valence electrons. The summed E-state index contributed by atoms with van der Waals surface area (Å²) in [5.41, 5.74) is -0.112. The topological polar surface area (TPSA) is 77.9 Å². The largest absolute Gasteiger partial charge is 0.505 e. The number of sulfonamides is 1. The molecule has 0 atom stereocenters. The van der Waals surface area contributed by atoms with Crippen molar-refractivity contribution in [2.75, 3.05) is 14.1 Å². The molecule has 0 aliphatic carbocycles. The molecule has 0 saturated heterocycles. The maximum absolute atomic E-state index is 12.7. The minimum absolute atomic E-state index is 0.0147. The molecule has 8 heteroatoms. The predicted octanol–water partition coefficient (Wildman–Crippen LogP) is 2.50. The van der Waals surface area contributed by atoms with Crippen molar-refractivity contribution in [2.24, 2.45) is 0 Å². The number of carbonyl (C=O) groups excluding carboxylic acids is 1. The SMILES string of the molecule is CC1=CN(C)/C(=C/C(=O)C2=C(O)c3ccccc3S(=O)(=O)N2C)S1. The van der Waals surface area contributed by atoms with Crippen LogP contribution in [-0.2, 0) is 14.8 Å². The molecule has 1 aromatic rings. The van der Waals surface area contributed by atoms with Crippen molar-refractivity contribution < 1.29 is 18.3 Å². The number of hydrogen-bond acceptors (Lipinski definition) is 6. The second-order valence-electron chi connectivity index (χ2n) is 5.47. The van der Waals surface area contributed by atoms with E-state index in [-0.39, 0.29) is 21.9 Å². The lowest BCUT2D eigenvalue weighted by Gasteiger charge is -2.28. The Morgan fingerprint density at radius 1 is 1.25 bits per heavy atom. The van der Waals surface area contributed by atoms with Gasteiger partial charge in [0.1, 0.15) is 5.70 Å². The number of aliphatic hydroxyl groups is 1. The number of benzene rings is 1. The van der Waals surface area contributed by atoms with Crippen LogP contribution in [-0.4, -0.2) is 42.6 Å². The lowest BCUT2D eigenvalue weighted by Crippen LogP contribution is -2.34. The van der Waals surface area contributed by atoms with Gasteiger partial charge in [0.15, 0.2) is 5.76 Å². The van der Waals surface area contributed by atoms with Gasteiger partial charge >= 0.3 is 0 Å². The van der Waals surface area contributed by atoms with E-state index in [2.05, 4.69) is 0 Å². The van der Waals surface area contributed by atoms with Gasteiger partial charge in [-0.1, -0.05) is 23.9 Å². The molecule has 0 bridgehead atoms. The van der Waals surface area contributed by atoms with Gasteiger partial charge in [-0.2, -0.15) is 0 Å². The fraction of sp³-hybridized carbons (Fsp3) is 0.188. The van der Waals surface area contributed by atoms with Gasteiger partial charge in [0, 0.05) is 36.8 Å².